The van der Waals surface area contributed by atoms with Gasteiger partial charge in [0, 0.05) is 11.8 Å². The molecule has 5 nitrogen and oxygen atoms in total. The molecule has 2 rings (SSSR count). The van der Waals surface area contributed by atoms with Gasteiger partial charge in [0.25, 0.3) is 5.91 Å². The van der Waals surface area contributed by atoms with Gasteiger partial charge < -0.3 is 14.8 Å². The Labute approximate surface area is 147 Å². The van der Waals surface area contributed by atoms with Crippen LogP contribution in [0.15, 0.2) is 36.7 Å². The number of ether oxygens (including phenoxy) is 2. The summed E-state index contributed by atoms with van der Waals surface area (Å²) in [6.45, 7) is 4.77. The largest absolute Gasteiger partial charge is 0.493 e. The van der Waals surface area contributed by atoms with Crippen molar-refractivity contribution in [3.05, 3.63) is 47.2 Å². The van der Waals surface area contributed by atoms with Crippen LogP contribution in [0.4, 0.5) is 5.69 Å². The Morgan fingerprint density at radius 2 is 2.17 bits per heavy atom. The first kappa shape index (κ1) is 18.1. The number of hydrogen-bond acceptors (Lipinski definition) is 4. The first-order valence-corrected chi connectivity index (χ1v) is 8.10. The molecule has 0 radical (unpaired) electrons. The van der Waals surface area contributed by atoms with Crippen molar-refractivity contribution in [2.45, 2.75) is 20.3 Å². The average molecular weight is 349 g/mol. The Kier molecular flexibility index (Phi) is 6.44. The SMILES string of the molecule is COc1cc(C(=O)Nc2cccnc2)cc(Cl)c1OCCC(C)C. The molecule has 0 bridgehead atoms. The van der Waals surface area contributed by atoms with Crippen LogP contribution in [0.3, 0.4) is 0 Å². The number of pyridine rings is 1. The van der Waals surface area contributed by atoms with Crippen LogP contribution in [-0.2, 0) is 0 Å². The first-order chi connectivity index (χ1) is 11.5. The molecule has 0 atom stereocenters. The smallest absolute Gasteiger partial charge is 0.255 e. The quantitative estimate of drug-likeness (QED) is 0.804. The van der Waals surface area contributed by atoms with Gasteiger partial charge in [0.1, 0.15) is 0 Å². The summed E-state index contributed by atoms with van der Waals surface area (Å²) in [5, 5.41) is 3.10. The maximum atomic E-state index is 12.4. The molecule has 0 unspecified atom stereocenters. The number of amides is 1. The van der Waals surface area contributed by atoms with Crippen molar-refractivity contribution in [1.29, 1.82) is 0 Å². The summed E-state index contributed by atoms with van der Waals surface area (Å²) < 4.78 is 11.0. The van der Waals surface area contributed by atoms with Gasteiger partial charge >= 0.3 is 0 Å². The lowest BCUT2D eigenvalue weighted by Crippen LogP contribution is -2.12. The molecule has 0 aliphatic rings. The van der Waals surface area contributed by atoms with Crippen molar-refractivity contribution >= 4 is 23.2 Å². The van der Waals surface area contributed by atoms with Gasteiger partial charge in [0.05, 0.1) is 30.6 Å². The van der Waals surface area contributed by atoms with E-state index in [1.165, 1.54) is 7.11 Å². The Bertz CT molecular complexity index is 690. The summed E-state index contributed by atoms with van der Waals surface area (Å²) in [6, 6.07) is 6.69. The van der Waals surface area contributed by atoms with Crippen LogP contribution in [0.1, 0.15) is 30.6 Å². The maximum Gasteiger partial charge on any atom is 0.255 e. The van der Waals surface area contributed by atoms with Gasteiger partial charge in [-0.1, -0.05) is 25.4 Å². The third kappa shape index (κ3) is 4.86. The van der Waals surface area contributed by atoms with Crippen LogP contribution in [-0.4, -0.2) is 24.6 Å². The Hall–Kier alpha value is -2.27. The fraction of sp³-hybridized carbons (Fsp3) is 0.333. The van der Waals surface area contributed by atoms with E-state index in [0.29, 0.717) is 40.3 Å². The van der Waals surface area contributed by atoms with Crippen molar-refractivity contribution in [3.63, 3.8) is 0 Å². The van der Waals surface area contributed by atoms with Crippen LogP contribution < -0.4 is 14.8 Å². The summed E-state index contributed by atoms with van der Waals surface area (Å²) >= 11 is 6.28. The van der Waals surface area contributed by atoms with E-state index in [1.807, 2.05) is 0 Å². The van der Waals surface area contributed by atoms with E-state index in [2.05, 4.69) is 24.1 Å². The zero-order valence-electron chi connectivity index (χ0n) is 14.0. The highest BCUT2D eigenvalue weighted by molar-refractivity contribution is 6.32. The summed E-state index contributed by atoms with van der Waals surface area (Å²) in [6.07, 6.45) is 4.11. The van der Waals surface area contributed by atoms with E-state index >= 15 is 0 Å². The molecule has 1 N–H and O–H groups in total. The van der Waals surface area contributed by atoms with E-state index in [0.717, 1.165) is 6.42 Å². The van der Waals surface area contributed by atoms with Crippen molar-refractivity contribution in [2.75, 3.05) is 19.0 Å². The third-order valence-electron chi connectivity index (χ3n) is 3.35. The molecular weight excluding hydrogens is 328 g/mol. The summed E-state index contributed by atoms with van der Waals surface area (Å²) in [4.78, 5) is 16.3. The number of halogens is 1. The van der Waals surface area contributed by atoms with E-state index in [9.17, 15) is 4.79 Å². The Morgan fingerprint density at radius 1 is 1.38 bits per heavy atom. The standard InChI is InChI=1S/C18H21ClN2O3/c1-12(2)6-8-24-17-15(19)9-13(10-16(17)23-3)18(22)21-14-5-4-7-20-11-14/h4-5,7,9-12H,6,8H2,1-3H3,(H,21,22). The molecule has 0 saturated carbocycles. The number of anilines is 1. The van der Waals surface area contributed by atoms with E-state index in [1.54, 1.807) is 36.7 Å². The molecule has 2 aromatic rings. The van der Waals surface area contributed by atoms with Crippen molar-refractivity contribution in [1.82, 2.24) is 4.98 Å². The lowest BCUT2D eigenvalue weighted by Gasteiger charge is -2.15. The molecule has 1 amide bonds. The van der Waals surface area contributed by atoms with Crippen molar-refractivity contribution in [3.8, 4) is 11.5 Å². The molecule has 24 heavy (non-hydrogen) atoms. The fourth-order valence-electron chi connectivity index (χ4n) is 2.03. The van der Waals surface area contributed by atoms with Crippen LogP contribution >= 0.6 is 11.6 Å². The summed E-state index contributed by atoms with van der Waals surface area (Å²) in [7, 11) is 1.52. The number of benzene rings is 1. The second-order valence-electron chi connectivity index (χ2n) is 5.72. The number of carbonyl (C=O) groups is 1. The lowest BCUT2D eigenvalue weighted by molar-refractivity contribution is 0.102. The molecule has 1 aromatic heterocycles. The molecule has 128 valence electrons. The third-order valence-corrected chi connectivity index (χ3v) is 3.63. The van der Waals surface area contributed by atoms with Crippen molar-refractivity contribution < 1.29 is 14.3 Å². The highest BCUT2D eigenvalue weighted by atomic mass is 35.5. The van der Waals surface area contributed by atoms with Gasteiger partial charge in [0.2, 0.25) is 0 Å². The number of nitrogens with zero attached hydrogens (tertiary/aromatic N) is 1. The molecule has 1 aromatic carbocycles. The molecular formula is C18H21ClN2O3. The molecule has 0 aliphatic heterocycles. The van der Waals surface area contributed by atoms with Gasteiger partial charge in [-0.15, -0.1) is 0 Å². The number of carbonyl (C=O) groups excluding carboxylic acids is 1. The predicted octanol–water partition coefficient (Wildman–Crippen LogP) is 4.42. The lowest BCUT2D eigenvalue weighted by atomic mass is 10.1. The Morgan fingerprint density at radius 3 is 2.79 bits per heavy atom. The second-order valence-corrected chi connectivity index (χ2v) is 6.12. The van der Waals surface area contributed by atoms with Gasteiger partial charge in [-0.05, 0) is 36.6 Å². The minimum absolute atomic E-state index is 0.295. The monoisotopic (exact) mass is 348 g/mol. The number of methoxy groups -OCH3 is 1. The highest BCUT2D eigenvalue weighted by Crippen LogP contribution is 2.36. The molecule has 0 saturated heterocycles. The predicted molar refractivity (Wildman–Crippen MR) is 95.1 cm³/mol. The molecule has 1 heterocycles. The topological polar surface area (TPSA) is 60.5 Å². The zero-order valence-corrected chi connectivity index (χ0v) is 14.8. The molecule has 0 spiro atoms. The fourth-order valence-corrected chi connectivity index (χ4v) is 2.29. The van der Waals surface area contributed by atoms with Crippen LogP contribution in [0.5, 0.6) is 11.5 Å². The summed E-state index contributed by atoms with van der Waals surface area (Å²) in [5.74, 6) is 1.12. The van der Waals surface area contributed by atoms with E-state index in [-0.39, 0.29) is 5.91 Å². The number of hydrogen-bond donors (Lipinski definition) is 1. The highest BCUT2D eigenvalue weighted by Gasteiger charge is 2.16. The van der Waals surface area contributed by atoms with E-state index in [4.69, 9.17) is 21.1 Å². The number of rotatable bonds is 7. The van der Waals surface area contributed by atoms with Gasteiger partial charge in [-0.25, -0.2) is 0 Å². The zero-order chi connectivity index (χ0) is 17.5. The average Bonchev–Trinajstić information content (AvgIpc) is 2.56. The normalized spacial score (nSPS) is 10.5. The molecule has 6 heteroatoms. The van der Waals surface area contributed by atoms with Gasteiger partial charge in [-0.2, -0.15) is 0 Å². The van der Waals surface area contributed by atoms with Gasteiger partial charge in [-0.3, -0.25) is 9.78 Å². The second kappa shape index (κ2) is 8.55. The maximum absolute atomic E-state index is 12.4. The number of nitrogens with one attached hydrogen (secondary N) is 1. The van der Waals surface area contributed by atoms with Crippen LogP contribution in [0.25, 0.3) is 0 Å². The minimum Gasteiger partial charge on any atom is -0.493 e. The Balaban J connectivity index is 2.17. The summed E-state index contributed by atoms with van der Waals surface area (Å²) in [5.41, 5.74) is 0.992. The minimum atomic E-state index is -0.295. The molecule has 0 fully saturated rings. The molecule has 0 aliphatic carbocycles. The van der Waals surface area contributed by atoms with E-state index < -0.39 is 0 Å². The van der Waals surface area contributed by atoms with Crippen LogP contribution in [0.2, 0.25) is 5.02 Å². The first-order valence-electron chi connectivity index (χ1n) is 7.73. The van der Waals surface area contributed by atoms with Gasteiger partial charge in [0.15, 0.2) is 11.5 Å². The van der Waals surface area contributed by atoms with Crippen molar-refractivity contribution in [2.24, 2.45) is 5.92 Å². The van der Waals surface area contributed by atoms with Crippen LogP contribution in [0, 0.1) is 5.92 Å². The number of aromatic nitrogens is 1.